The lowest BCUT2D eigenvalue weighted by Gasteiger charge is -2.22. The number of ether oxygens (including phenoxy) is 1. The molecule has 0 saturated heterocycles. The van der Waals surface area contributed by atoms with Gasteiger partial charge >= 0.3 is 0 Å². The van der Waals surface area contributed by atoms with Crippen LogP contribution < -0.4 is 9.64 Å². The van der Waals surface area contributed by atoms with E-state index in [0.717, 1.165) is 18.2 Å². The van der Waals surface area contributed by atoms with E-state index in [-0.39, 0.29) is 6.10 Å². The summed E-state index contributed by atoms with van der Waals surface area (Å²) < 4.78 is 5.65. The van der Waals surface area contributed by atoms with E-state index in [9.17, 15) is 0 Å². The lowest BCUT2D eigenvalue weighted by atomic mass is 10.4. The van der Waals surface area contributed by atoms with Crippen LogP contribution in [0.15, 0.2) is 6.07 Å². The van der Waals surface area contributed by atoms with E-state index in [1.54, 1.807) is 0 Å². The molecule has 0 amide bonds. The molecule has 0 aliphatic heterocycles. The summed E-state index contributed by atoms with van der Waals surface area (Å²) in [6, 6.07) is 2.42. The van der Waals surface area contributed by atoms with Gasteiger partial charge < -0.3 is 9.64 Å². The molecular weight excluding hydrogens is 250 g/mol. The van der Waals surface area contributed by atoms with Crippen molar-refractivity contribution >= 4 is 17.5 Å². The summed E-state index contributed by atoms with van der Waals surface area (Å²) in [6.45, 7) is 6.74. The maximum Gasteiger partial charge on any atom is 0.229 e. The standard InChI is InChI=1S/C13H20ClN3O/c1-9(2)18-12-8-10(3)15-13(16-12)17(7-6-14)11-4-5-11/h8-9,11H,4-7H2,1-3H3. The van der Waals surface area contributed by atoms with Gasteiger partial charge in [-0.05, 0) is 33.6 Å². The fourth-order valence-electron chi connectivity index (χ4n) is 1.88. The molecule has 4 nitrogen and oxygen atoms in total. The van der Waals surface area contributed by atoms with Crippen LogP contribution in [0.25, 0.3) is 0 Å². The number of hydrogen-bond donors (Lipinski definition) is 0. The molecule has 1 aliphatic carbocycles. The number of aromatic nitrogens is 2. The first-order chi connectivity index (χ1) is 8.60. The number of halogens is 1. The van der Waals surface area contributed by atoms with Crippen LogP contribution in [-0.4, -0.2) is 34.5 Å². The SMILES string of the molecule is Cc1cc(OC(C)C)nc(N(CCCl)C2CC2)n1. The van der Waals surface area contributed by atoms with Crippen molar-refractivity contribution in [1.82, 2.24) is 9.97 Å². The van der Waals surface area contributed by atoms with Crippen LogP contribution in [0, 0.1) is 6.92 Å². The normalized spacial score (nSPS) is 14.9. The second-order valence-electron chi connectivity index (χ2n) is 4.93. The summed E-state index contributed by atoms with van der Waals surface area (Å²) >= 11 is 5.85. The van der Waals surface area contributed by atoms with Crippen molar-refractivity contribution in [3.8, 4) is 5.88 Å². The molecule has 0 radical (unpaired) electrons. The zero-order chi connectivity index (χ0) is 13.1. The van der Waals surface area contributed by atoms with Gasteiger partial charge in [-0.3, -0.25) is 0 Å². The molecule has 2 rings (SSSR count). The Morgan fingerprint density at radius 3 is 2.72 bits per heavy atom. The van der Waals surface area contributed by atoms with Crippen LogP contribution >= 0.6 is 11.6 Å². The first kappa shape index (κ1) is 13.4. The second-order valence-corrected chi connectivity index (χ2v) is 5.31. The Kier molecular flexibility index (Phi) is 4.27. The number of rotatable bonds is 6. The zero-order valence-corrected chi connectivity index (χ0v) is 11.9. The van der Waals surface area contributed by atoms with Crippen molar-refractivity contribution < 1.29 is 4.74 Å². The highest BCUT2D eigenvalue weighted by molar-refractivity contribution is 6.18. The van der Waals surface area contributed by atoms with Gasteiger partial charge in [-0.15, -0.1) is 11.6 Å². The number of aryl methyl sites for hydroxylation is 1. The molecule has 1 fully saturated rings. The third kappa shape index (κ3) is 3.48. The highest BCUT2D eigenvalue weighted by Crippen LogP contribution is 2.30. The molecule has 0 bridgehead atoms. The molecule has 1 aromatic rings. The Hall–Kier alpha value is -1.03. The van der Waals surface area contributed by atoms with Crippen LogP contribution in [0.1, 0.15) is 32.4 Å². The average Bonchev–Trinajstić information content (AvgIpc) is 3.07. The Balaban J connectivity index is 2.22. The van der Waals surface area contributed by atoms with Crippen LogP contribution in [0.5, 0.6) is 5.88 Å². The van der Waals surface area contributed by atoms with Crippen LogP contribution in [0.2, 0.25) is 0 Å². The van der Waals surface area contributed by atoms with Crippen molar-refractivity contribution in [1.29, 1.82) is 0 Å². The van der Waals surface area contributed by atoms with Gasteiger partial charge in [-0.1, -0.05) is 0 Å². The molecule has 0 atom stereocenters. The van der Waals surface area contributed by atoms with E-state index in [2.05, 4.69) is 14.9 Å². The fourth-order valence-corrected chi connectivity index (χ4v) is 2.06. The molecule has 5 heteroatoms. The predicted molar refractivity (Wildman–Crippen MR) is 73.6 cm³/mol. The number of nitrogens with zero attached hydrogens (tertiary/aromatic N) is 3. The zero-order valence-electron chi connectivity index (χ0n) is 11.2. The van der Waals surface area contributed by atoms with Gasteiger partial charge in [0.25, 0.3) is 0 Å². The van der Waals surface area contributed by atoms with Crippen molar-refractivity contribution in [3.63, 3.8) is 0 Å². The highest BCUT2D eigenvalue weighted by Gasteiger charge is 2.30. The van der Waals surface area contributed by atoms with Crippen molar-refractivity contribution in [3.05, 3.63) is 11.8 Å². The Morgan fingerprint density at radius 2 is 2.17 bits per heavy atom. The molecular formula is C13H20ClN3O. The van der Waals surface area contributed by atoms with Gasteiger partial charge in [0.2, 0.25) is 11.8 Å². The van der Waals surface area contributed by atoms with E-state index in [1.165, 1.54) is 12.8 Å². The maximum atomic E-state index is 5.85. The lowest BCUT2D eigenvalue weighted by molar-refractivity contribution is 0.232. The highest BCUT2D eigenvalue weighted by atomic mass is 35.5. The average molecular weight is 270 g/mol. The second kappa shape index (κ2) is 5.74. The largest absolute Gasteiger partial charge is 0.475 e. The summed E-state index contributed by atoms with van der Waals surface area (Å²) in [5.74, 6) is 1.98. The molecule has 1 aromatic heterocycles. The monoisotopic (exact) mass is 269 g/mol. The Bertz CT molecular complexity index is 407. The third-order valence-electron chi connectivity index (χ3n) is 2.75. The predicted octanol–water partition coefficient (Wildman–Crippen LogP) is 2.78. The van der Waals surface area contributed by atoms with Crippen LogP contribution in [0.3, 0.4) is 0 Å². The summed E-state index contributed by atoms with van der Waals surface area (Å²) in [6.07, 6.45) is 2.53. The molecule has 1 aliphatic rings. The summed E-state index contributed by atoms with van der Waals surface area (Å²) in [7, 11) is 0. The minimum atomic E-state index is 0.120. The lowest BCUT2D eigenvalue weighted by Crippen LogP contribution is -2.30. The van der Waals surface area contributed by atoms with E-state index < -0.39 is 0 Å². The van der Waals surface area contributed by atoms with Gasteiger partial charge in [0.1, 0.15) is 0 Å². The molecule has 1 heterocycles. The number of hydrogen-bond acceptors (Lipinski definition) is 4. The smallest absolute Gasteiger partial charge is 0.229 e. The Morgan fingerprint density at radius 1 is 1.44 bits per heavy atom. The summed E-state index contributed by atoms with van der Waals surface area (Å²) in [4.78, 5) is 11.2. The maximum absolute atomic E-state index is 5.85. The third-order valence-corrected chi connectivity index (χ3v) is 2.91. The van der Waals surface area contributed by atoms with Gasteiger partial charge in [0.15, 0.2) is 0 Å². The van der Waals surface area contributed by atoms with Crippen LogP contribution in [0.4, 0.5) is 5.95 Å². The van der Waals surface area contributed by atoms with Crippen molar-refractivity contribution in [2.75, 3.05) is 17.3 Å². The molecule has 1 saturated carbocycles. The van der Waals surface area contributed by atoms with Crippen LogP contribution in [-0.2, 0) is 0 Å². The number of alkyl halides is 1. The van der Waals surface area contributed by atoms with Gasteiger partial charge in [0.05, 0.1) is 6.10 Å². The van der Waals surface area contributed by atoms with Crippen molar-refractivity contribution in [2.24, 2.45) is 0 Å². The Labute approximate surface area is 113 Å². The first-order valence-corrected chi connectivity index (χ1v) is 6.98. The number of anilines is 1. The summed E-state index contributed by atoms with van der Waals surface area (Å²) in [5, 5.41) is 0. The van der Waals surface area contributed by atoms with Gasteiger partial charge in [-0.2, -0.15) is 4.98 Å². The first-order valence-electron chi connectivity index (χ1n) is 6.45. The molecule has 0 aromatic carbocycles. The van der Waals surface area contributed by atoms with E-state index in [0.29, 0.717) is 17.8 Å². The molecule has 0 N–H and O–H groups in total. The quantitative estimate of drug-likeness (QED) is 0.745. The summed E-state index contributed by atoms with van der Waals surface area (Å²) in [5.41, 5.74) is 0.927. The van der Waals surface area contributed by atoms with Crippen molar-refractivity contribution in [2.45, 2.75) is 45.8 Å². The van der Waals surface area contributed by atoms with Gasteiger partial charge in [0, 0.05) is 30.2 Å². The molecule has 100 valence electrons. The van der Waals surface area contributed by atoms with E-state index in [1.807, 2.05) is 26.8 Å². The topological polar surface area (TPSA) is 38.2 Å². The molecule has 18 heavy (non-hydrogen) atoms. The minimum absolute atomic E-state index is 0.120. The van der Waals surface area contributed by atoms with Gasteiger partial charge in [-0.25, -0.2) is 4.98 Å². The van der Waals surface area contributed by atoms with E-state index >= 15 is 0 Å². The molecule has 0 spiro atoms. The minimum Gasteiger partial charge on any atom is -0.475 e. The molecule has 0 unspecified atom stereocenters. The fraction of sp³-hybridized carbons (Fsp3) is 0.692. The van der Waals surface area contributed by atoms with E-state index in [4.69, 9.17) is 16.3 Å².